The predicted octanol–water partition coefficient (Wildman–Crippen LogP) is 8.81. The minimum absolute atomic E-state index is 0.370. The minimum atomic E-state index is -1.03. The molecule has 0 saturated heterocycles. The fraction of sp³-hybridized carbons (Fsp3) is 0.294. The van der Waals surface area contributed by atoms with Crippen LogP contribution in [0.3, 0.4) is 0 Å². The normalized spacial score (nSPS) is 24.5. The lowest BCUT2D eigenvalue weighted by Gasteiger charge is -2.28. The van der Waals surface area contributed by atoms with Crippen molar-refractivity contribution in [3.05, 3.63) is 141 Å². The SMILES string of the molecule is [N-]=[N+]=N[C@H]1CCC[C@]1(O)c1ccc(-c2ccccc2)cc1.[N-]=[N+]=N[C@]1(c2ccc(-c3ccccc3)cc2)CCC[C@@H]1O. The second-order valence-corrected chi connectivity index (χ2v) is 10.9. The molecule has 4 aromatic rings. The number of benzene rings is 4. The number of rotatable bonds is 6. The van der Waals surface area contributed by atoms with E-state index < -0.39 is 17.2 Å². The topological polar surface area (TPSA) is 138 Å². The molecule has 0 bridgehead atoms. The summed E-state index contributed by atoms with van der Waals surface area (Å²) in [6, 6.07) is 35.7. The molecule has 4 aromatic carbocycles. The Kier molecular flexibility index (Phi) is 8.91. The van der Waals surface area contributed by atoms with Crippen LogP contribution in [0.25, 0.3) is 43.1 Å². The summed E-state index contributed by atoms with van der Waals surface area (Å²) in [6.07, 6.45) is 3.90. The number of aliphatic hydroxyl groups is 2. The van der Waals surface area contributed by atoms with Crippen molar-refractivity contribution in [2.75, 3.05) is 0 Å². The lowest BCUT2D eigenvalue weighted by molar-refractivity contribution is 0.0284. The Morgan fingerprint density at radius 1 is 0.619 bits per heavy atom. The van der Waals surface area contributed by atoms with Gasteiger partial charge in [0.1, 0.15) is 0 Å². The van der Waals surface area contributed by atoms with Gasteiger partial charge in [-0.05, 0) is 83.0 Å². The van der Waals surface area contributed by atoms with Gasteiger partial charge in [-0.2, -0.15) is 0 Å². The van der Waals surface area contributed by atoms with Gasteiger partial charge >= 0.3 is 0 Å². The van der Waals surface area contributed by atoms with Gasteiger partial charge in [0.2, 0.25) is 0 Å². The number of hydrogen-bond acceptors (Lipinski definition) is 4. The molecule has 0 unspecified atom stereocenters. The zero-order chi connectivity index (χ0) is 29.4. The van der Waals surface area contributed by atoms with E-state index in [1.54, 1.807) is 0 Å². The van der Waals surface area contributed by atoms with E-state index in [4.69, 9.17) is 11.1 Å². The molecule has 2 N–H and O–H groups in total. The molecule has 0 aliphatic heterocycles. The number of hydrogen-bond donors (Lipinski definition) is 2. The first-order valence-corrected chi connectivity index (χ1v) is 14.3. The van der Waals surface area contributed by atoms with Crippen LogP contribution in [-0.2, 0) is 11.1 Å². The van der Waals surface area contributed by atoms with Gasteiger partial charge in [0, 0.05) is 9.82 Å². The van der Waals surface area contributed by atoms with Gasteiger partial charge in [-0.3, -0.25) is 0 Å². The first kappa shape index (κ1) is 28.9. The lowest BCUT2D eigenvalue weighted by Crippen LogP contribution is -2.32. The second kappa shape index (κ2) is 12.9. The molecule has 212 valence electrons. The van der Waals surface area contributed by atoms with Crippen molar-refractivity contribution in [1.29, 1.82) is 0 Å². The van der Waals surface area contributed by atoms with E-state index in [0.29, 0.717) is 19.3 Å². The number of nitrogens with zero attached hydrogens (tertiary/aromatic N) is 6. The van der Waals surface area contributed by atoms with Crippen molar-refractivity contribution in [3.63, 3.8) is 0 Å². The molecule has 2 aliphatic carbocycles. The average molecular weight is 559 g/mol. The molecule has 2 saturated carbocycles. The zero-order valence-corrected chi connectivity index (χ0v) is 23.4. The average Bonchev–Trinajstić information content (AvgIpc) is 3.61. The van der Waals surface area contributed by atoms with Gasteiger partial charge in [0.25, 0.3) is 0 Å². The zero-order valence-electron chi connectivity index (χ0n) is 23.4. The molecule has 2 aliphatic rings. The summed E-state index contributed by atoms with van der Waals surface area (Å²) in [4.78, 5) is 5.83. The molecule has 4 atom stereocenters. The van der Waals surface area contributed by atoms with Gasteiger partial charge in [0.15, 0.2) is 0 Å². The van der Waals surface area contributed by atoms with Crippen LogP contribution in [0, 0.1) is 0 Å². The van der Waals surface area contributed by atoms with Crippen LogP contribution in [0.15, 0.2) is 119 Å². The molecule has 2 fully saturated rings. The van der Waals surface area contributed by atoms with Crippen LogP contribution < -0.4 is 0 Å². The summed E-state index contributed by atoms with van der Waals surface area (Å²) < 4.78 is 0. The molecule has 8 heteroatoms. The molecule has 0 heterocycles. The summed E-state index contributed by atoms with van der Waals surface area (Å²) in [5, 5.41) is 28.8. The van der Waals surface area contributed by atoms with Gasteiger partial charge in [-0.1, -0.05) is 119 Å². The van der Waals surface area contributed by atoms with Crippen LogP contribution in [-0.4, -0.2) is 22.4 Å². The van der Waals surface area contributed by atoms with E-state index in [2.05, 4.69) is 44.3 Å². The molecule has 0 aromatic heterocycles. The van der Waals surface area contributed by atoms with Crippen molar-refractivity contribution in [1.82, 2.24) is 0 Å². The minimum Gasteiger partial charge on any atom is -0.392 e. The quantitative estimate of drug-likeness (QED) is 0.139. The molecule has 0 spiro atoms. The lowest BCUT2D eigenvalue weighted by atomic mass is 9.86. The molecule has 42 heavy (non-hydrogen) atoms. The second-order valence-electron chi connectivity index (χ2n) is 10.9. The maximum atomic E-state index is 10.9. The van der Waals surface area contributed by atoms with Gasteiger partial charge in [-0.25, -0.2) is 0 Å². The first-order valence-electron chi connectivity index (χ1n) is 14.3. The van der Waals surface area contributed by atoms with Crippen molar-refractivity contribution in [2.24, 2.45) is 10.2 Å². The van der Waals surface area contributed by atoms with E-state index in [1.807, 2.05) is 84.9 Å². The Bertz CT molecular complexity index is 1570. The monoisotopic (exact) mass is 558 g/mol. The summed E-state index contributed by atoms with van der Waals surface area (Å²) >= 11 is 0. The van der Waals surface area contributed by atoms with Crippen LogP contribution in [0.4, 0.5) is 0 Å². The third-order valence-electron chi connectivity index (χ3n) is 8.57. The largest absolute Gasteiger partial charge is 0.392 e. The molecular formula is C34H34N6O2. The van der Waals surface area contributed by atoms with Gasteiger partial charge < -0.3 is 10.2 Å². The summed E-state index contributed by atoms with van der Waals surface area (Å²) in [5.41, 5.74) is 21.9. The molecule has 8 nitrogen and oxygen atoms in total. The van der Waals surface area contributed by atoms with Crippen molar-refractivity contribution in [3.8, 4) is 22.3 Å². The third-order valence-corrected chi connectivity index (χ3v) is 8.57. The van der Waals surface area contributed by atoms with Gasteiger partial charge in [-0.15, -0.1) is 0 Å². The number of aliphatic hydroxyl groups excluding tert-OH is 1. The Morgan fingerprint density at radius 2 is 1.12 bits per heavy atom. The van der Waals surface area contributed by atoms with Crippen molar-refractivity contribution >= 4 is 0 Å². The fourth-order valence-electron chi connectivity index (χ4n) is 6.25. The fourth-order valence-corrected chi connectivity index (χ4v) is 6.25. The van der Waals surface area contributed by atoms with Crippen LogP contribution >= 0.6 is 0 Å². The summed E-state index contributed by atoms with van der Waals surface area (Å²) in [5.74, 6) is 0. The highest BCUT2D eigenvalue weighted by Crippen LogP contribution is 2.43. The smallest absolute Gasteiger partial charge is 0.0996 e. The van der Waals surface area contributed by atoms with E-state index in [9.17, 15) is 10.2 Å². The van der Waals surface area contributed by atoms with E-state index >= 15 is 0 Å². The molecule has 0 amide bonds. The molecule has 6 rings (SSSR count). The highest BCUT2D eigenvalue weighted by Gasteiger charge is 2.43. The summed E-state index contributed by atoms with van der Waals surface area (Å²) in [7, 11) is 0. The molecule has 0 radical (unpaired) electrons. The van der Waals surface area contributed by atoms with Crippen LogP contribution in [0.5, 0.6) is 0 Å². The van der Waals surface area contributed by atoms with Crippen LogP contribution in [0.1, 0.15) is 49.7 Å². The molecular weight excluding hydrogens is 524 g/mol. The van der Waals surface area contributed by atoms with Crippen LogP contribution in [0.2, 0.25) is 0 Å². The Labute approximate surface area is 245 Å². The van der Waals surface area contributed by atoms with Crippen molar-refractivity contribution in [2.45, 2.75) is 61.8 Å². The maximum absolute atomic E-state index is 10.9. The first-order chi connectivity index (χ1) is 20.5. The highest BCUT2D eigenvalue weighted by atomic mass is 16.3. The standard InChI is InChI=1S/2C17H17N3O/c18-20-19-17(12-4-7-16(17)21)15-10-8-14(9-11-15)13-5-2-1-3-6-13;18-20-19-16-7-4-12-17(16,21)15-10-8-14(9-11-15)13-5-2-1-3-6-13/h2*1-3,5-6,8-11,16,21H,4,7,12H2/t2*16-,17-/m00/s1. The number of azide groups is 2. The van der Waals surface area contributed by atoms with Crippen molar-refractivity contribution < 1.29 is 10.2 Å². The Morgan fingerprint density at radius 3 is 1.60 bits per heavy atom. The highest BCUT2D eigenvalue weighted by molar-refractivity contribution is 5.64. The predicted molar refractivity (Wildman–Crippen MR) is 165 cm³/mol. The van der Waals surface area contributed by atoms with E-state index in [0.717, 1.165) is 52.6 Å². The Hall–Kier alpha value is -4.58. The van der Waals surface area contributed by atoms with E-state index in [1.165, 1.54) is 0 Å². The third kappa shape index (κ3) is 5.89. The van der Waals surface area contributed by atoms with E-state index in [-0.39, 0.29) is 6.04 Å². The Balaban J connectivity index is 0.000000168. The van der Waals surface area contributed by atoms with Gasteiger partial charge in [0.05, 0.1) is 23.3 Å². The summed E-state index contributed by atoms with van der Waals surface area (Å²) in [6.45, 7) is 0. The maximum Gasteiger partial charge on any atom is 0.0996 e.